The number of anilines is 1. The quantitative estimate of drug-likeness (QED) is 0.302. The number of nitrogens with zero attached hydrogens (tertiary/aromatic N) is 7. The third kappa shape index (κ3) is 6.37. The van der Waals surface area contributed by atoms with Gasteiger partial charge in [-0.3, -0.25) is 19.5 Å². The van der Waals surface area contributed by atoms with Crippen LogP contribution in [0.15, 0.2) is 55.1 Å². The number of aryl methyl sites for hydroxylation is 1. The van der Waals surface area contributed by atoms with Crippen molar-refractivity contribution < 1.29 is 19.4 Å². The average molecular weight is 625 g/mol. The number of hydrogen-bond donors (Lipinski definition) is 2. The molecule has 1 saturated heterocycles. The Hall–Kier alpha value is -4.26. The van der Waals surface area contributed by atoms with Crippen molar-refractivity contribution in [3.05, 3.63) is 72.2 Å². The maximum absolute atomic E-state index is 13.1. The molecule has 0 unspecified atom stereocenters. The van der Waals surface area contributed by atoms with E-state index in [1.807, 2.05) is 42.3 Å². The summed E-state index contributed by atoms with van der Waals surface area (Å²) in [5.74, 6) is 1.09. The van der Waals surface area contributed by atoms with Gasteiger partial charge in [0.05, 0.1) is 17.7 Å². The van der Waals surface area contributed by atoms with Crippen molar-refractivity contribution in [3.63, 3.8) is 0 Å². The summed E-state index contributed by atoms with van der Waals surface area (Å²) < 4.78 is 7.54. The molecule has 2 N–H and O–H groups in total. The van der Waals surface area contributed by atoms with Crippen LogP contribution in [0.2, 0.25) is 0 Å². The summed E-state index contributed by atoms with van der Waals surface area (Å²) in [5, 5.41) is 17.5. The molecule has 3 fully saturated rings. The second-order valence-corrected chi connectivity index (χ2v) is 12.9. The molecule has 12 heteroatoms. The highest BCUT2D eigenvalue weighted by molar-refractivity contribution is 5.94. The topological polar surface area (TPSA) is 138 Å². The molecule has 1 aliphatic heterocycles. The summed E-state index contributed by atoms with van der Waals surface area (Å²) in [6.45, 7) is 6.48. The van der Waals surface area contributed by atoms with Crippen LogP contribution in [0.1, 0.15) is 60.9 Å². The summed E-state index contributed by atoms with van der Waals surface area (Å²) >= 11 is 0. The van der Waals surface area contributed by atoms with Crippen LogP contribution in [0.25, 0.3) is 16.6 Å². The van der Waals surface area contributed by atoms with Gasteiger partial charge >= 0.3 is 0 Å². The number of rotatable bonds is 8. The Bertz CT molecular complexity index is 1720. The number of pyridine rings is 2. The molecule has 3 atom stereocenters. The first-order valence-electron chi connectivity index (χ1n) is 16.2. The first kappa shape index (κ1) is 30.4. The molecule has 240 valence electrons. The molecule has 4 aromatic rings. The second kappa shape index (κ2) is 12.9. The van der Waals surface area contributed by atoms with Crippen molar-refractivity contribution in [3.8, 4) is 11.1 Å². The van der Waals surface area contributed by atoms with Crippen LogP contribution in [0.5, 0.6) is 0 Å². The lowest BCUT2D eigenvalue weighted by molar-refractivity contribution is -0.125. The van der Waals surface area contributed by atoms with Gasteiger partial charge in [0.15, 0.2) is 11.6 Å². The van der Waals surface area contributed by atoms with Gasteiger partial charge in [0, 0.05) is 85.3 Å². The summed E-state index contributed by atoms with van der Waals surface area (Å²) in [6, 6.07) is 9.99. The molecule has 0 aromatic carbocycles. The van der Waals surface area contributed by atoms with Crippen molar-refractivity contribution in [2.45, 2.75) is 76.9 Å². The Balaban J connectivity index is 0.902. The lowest BCUT2D eigenvalue weighted by atomic mass is 9.78. The Labute approximate surface area is 267 Å². The highest BCUT2D eigenvalue weighted by atomic mass is 16.5. The van der Waals surface area contributed by atoms with E-state index in [1.165, 1.54) is 0 Å². The molecule has 46 heavy (non-hydrogen) atoms. The first-order valence-corrected chi connectivity index (χ1v) is 16.2. The molecular weight excluding hydrogens is 584 g/mol. The zero-order chi connectivity index (χ0) is 31.8. The molecule has 7 rings (SSSR count). The summed E-state index contributed by atoms with van der Waals surface area (Å²) in [4.78, 5) is 43.6. The lowest BCUT2D eigenvalue weighted by Gasteiger charge is -2.49. The molecule has 2 saturated carbocycles. The van der Waals surface area contributed by atoms with Crippen LogP contribution in [-0.2, 0) is 16.1 Å². The van der Waals surface area contributed by atoms with Crippen LogP contribution in [0, 0.1) is 12.8 Å². The zero-order valence-electron chi connectivity index (χ0n) is 26.2. The van der Waals surface area contributed by atoms with Crippen LogP contribution in [0.4, 0.5) is 5.82 Å². The molecule has 0 bridgehead atoms. The lowest BCUT2D eigenvalue weighted by Crippen LogP contribution is -2.60. The van der Waals surface area contributed by atoms with Gasteiger partial charge in [0.2, 0.25) is 5.91 Å². The number of amides is 2. The number of piperazine rings is 1. The van der Waals surface area contributed by atoms with E-state index in [-0.39, 0.29) is 36.5 Å². The average Bonchev–Trinajstić information content (AvgIpc) is 3.64. The molecule has 2 amide bonds. The van der Waals surface area contributed by atoms with E-state index in [1.54, 1.807) is 29.2 Å². The predicted molar refractivity (Wildman–Crippen MR) is 171 cm³/mol. The normalized spacial score (nSPS) is 25.0. The van der Waals surface area contributed by atoms with Gasteiger partial charge in [-0.2, -0.15) is 5.10 Å². The first-order chi connectivity index (χ1) is 22.3. The number of hydrogen-bond acceptors (Lipinski definition) is 9. The van der Waals surface area contributed by atoms with E-state index in [0.29, 0.717) is 36.3 Å². The zero-order valence-corrected chi connectivity index (χ0v) is 26.2. The standard InChI is InChI=1S/C34H40N8O4/c1-21-12-24(6-8-35-21)34(45)40-10-11-41(22(2)19-40)27-14-25(15-27)33(44)38-31-16-28-13-23(7-9-42(28)39-31)26-17-36-32(37-18-26)20-46-30-5-3-4-29(30)43/h6-9,12-13,16-18,22,25,27,29-30,43H,3-5,10-11,14-15,19-20H2,1-2H3,(H,38,39,44)/t22-,25-,27+,29-,30-/m0/s1. The van der Waals surface area contributed by atoms with Crippen molar-refractivity contribution in [1.82, 2.24) is 34.4 Å². The number of carbonyl (C=O) groups is 2. The highest BCUT2D eigenvalue weighted by Crippen LogP contribution is 2.35. The molecule has 5 heterocycles. The fourth-order valence-corrected chi connectivity index (χ4v) is 6.96. The smallest absolute Gasteiger partial charge is 0.254 e. The number of fused-ring (bicyclic) bond motifs is 1. The van der Waals surface area contributed by atoms with Crippen LogP contribution < -0.4 is 5.32 Å². The molecule has 4 aromatic heterocycles. The Kier molecular flexibility index (Phi) is 8.50. The SMILES string of the molecule is Cc1cc(C(=O)N2CCN([C@H]3C[C@@H](C(=O)Nc4cc5cc(-c6cnc(CO[C@H]7CCC[C@@H]7O)nc6)ccn5n4)C3)[C@@H](C)C2)ccn1. The third-order valence-corrected chi connectivity index (χ3v) is 9.66. The van der Waals surface area contributed by atoms with E-state index >= 15 is 0 Å². The Morgan fingerprint density at radius 3 is 2.61 bits per heavy atom. The minimum absolute atomic E-state index is 0.00858. The van der Waals surface area contributed by atoms with Crippen molar-refractivity contribution >= 4 is 23.1 Å². The molecular formula is C34H40N8O4. The highest BCUT2D eigenvalue weighted by Gasteiger charge is 2.41. The van der Waals surface area contributed by atoms with E-state index in [9.17, 15) is 14.7 Å². The van der Waals surface area contributed by atoms with Gasteiger partial charge in [-0.1, -0.05) is 0 Å². The van der Waals surface area contributed by atoms with Gasteiger partial charge in [-0.05, 0) is 75.8 Å². The predicted octanol–water partition coefficient (Wildman–Crippen LogP) is 3.49. The van der Waals surface area contributed by atoms with E-state index in [4.69, 9.17) is 4.74 Å². The molecule has 3 aliphatic rings. The number of aliphatic hydroxyl groups is 1. The number of aromatic nitrogens is 5. The maximum atomic E-state index is 13.1. The number of nitrogens with one attached hydrogen (secondary N) is 1. The van der Waals surface area contributed by atoms with Crippen molar-refractivity contribution in [1.29, 1.82) is 0 Å². The van der Waals surface area contributed by atoms with Gasteiger partial charge in [0.1, 0.15) is 6.61 Å². The molecule has 0 radical (unpaired) electrons. The van der Waals surface area contributed by atoms with Crippen LogP contribution in [0.3, 0.4) is 0 Å². The van der Waals surface area contributed by atoms with E-state index in [0.717, 1.165) is 61.0 Å². The fourth-order valence-electron chi connectivity index (χ4n) is 6.96. The minimum atomic E-state index is -0.403. The van der Waals surface area contributed by atoms with Gasteiger partial charge in [0.25, 0.3) is 5.91 Å². The summed E-state index contributed by atoms with van der Waals surface area (Å²) in [7, 11) is 0. The Morgan fingerprint density at radius 1 is 1.04 bits per heavy atom. The van der Waals surface area contributed by atoms with Crippen LogP contribution in [-0.4, -0.2) is 95.2 Å². The van der Waals surface area contributed by atoms with Gasteiger partial charge in [-0.15, -0.1) is 0 Å². The Morgan fingerprint density at radius 2 is 1.87 bits per heavy atom. The van der Waals surface area contributed by atoms with E-state index in [2.05, 4.69) is 37.2 Å². The molecule has 2 aliphatic carbocycles. The second-order valence-electron chi connectivity index (χ2n) is 12.9. The number of ether oxygens (including phenoxy) is 1. The number of aliphatic hydroxyl groups excluding tert-OH is 1. The number of carbonyl (C=O) groups excluding carboxylic acids is 2. The fraction of sp³-hybridized carbons (Fsp3) is 0.471. The molecule has 0 spiro atoms. The summed E-state index contributed by atoms with van der Waals surface area (Å²) in [5.41, 5.74) is 4.18. The van der Waals surface area contributed by atoms with Crippen LogP contribution >= 0.6 is 0 Å². The molecule has 12 nitrogen and oxygen atoms in total. The van der Waals surface area contributed by atoms with Gasteiger partial charge in [-0.25, -0.2) is 14.5 Å². The van der Waals surface area contributed by atoms with Crippen molar-refractivity contribution in [2.24, 2.45) is 5.92 Å². The van der Waals surface area contributed by atoms with Crippen molar-refractivity contribution in [2.75, 3.05) is 25.0 Å². The third-order valence-electron chi connectivity index (χ3n) is 9.66. The largest absolute Gasteiger partial charge is 0.390 e. The minimum Gasteiger partial charge on any atom is -0.390 e. The monoisotopic (exact) mass is 624 g/mol. The van der Waals surface area contributed by atoms with Gasteiger partial charge < -0.3 is 20.1 Å². The summed E-state index contributed by atoms with van der Waals surface area (Å²) in [6.07, 6.45) is 10.8. The maximum Gasteiger partial charge on any atom is 0.254 e. The van der Waals surface area contributed by atoms with E-state index < -0.39 is 6.10 Å².